The second-order valence-electron chi connectivity index (χ2n) is 4.54. The maximum atomic E-state index is 13.7. The third kappa shape index (κ3) is 3.54. The van der Waals surface area contributed by atoms with Crippen LogP contribution < -0.4 is 11.1 Å². The van der Waals surface area contributed by atoms with Crippen molar-refractivity contribution in [2.24, 2.45) is 5.73 Å². The number of carbonyl (C=O) groups is 1. The molecule has 0 saturated heterocycles. The number of aliphatic hydroxyl groups is 1. The quantitative estimate of drug-likeness (QED) is 0.716. The summed E-state index contributed by atoms with van der Waals surface area (Å²) in [5, 5.41) is 19.5. The lowest BCUT2D eigenvalue weighted by molar-refractivity contribution is 0.1000. The van der Waals surface area contributed by atoms with Crippen molar-refractivity contribution in [1.82, 2.24) is 15.0 Å². The molecule has 2 aromatic rings. The standard InChI is InChI=1S/C13H16FN5O2/c1-8-11(14)4-9(13(15)21)5-12(8)16-6-10-7-19(2-3-20)18-17-10/h4-5,7,16,20H,2-3,6H2,1H3,(H2,15,21). The summed E-state index contributed by atoms with van der Waals surface area (Å²) in [6.45, 7) is 2.25. The van der Waals surface area contributed by atoms with E-state index in [1.807, 2.05) is 0 Å². The van der Waals surface area contributed by atoms with Gasteiger partial charge in [0.25, 0.3) is 0 Å². The zero-order valence-electron chi connectivity index (χ0n) is 11.5. The van der Waals surface area contributed by atoms with Crippen LogP contribution in [0.5, 0.6) is 0 Å². The van der Waals surface area contributed by atoms with Gasteiger partial charge in [-0.1, -0.05) is 5.21 Å². The number of hydrogen-bond donors (Lipinski definition) is 3. The van der Waals surface area contributed by atoms with Gasteiger partial charge in [0.05, 0.1) is 25.9 Å². The number of amides is 1. The Balaban J connectivity index is 2.13. The van der Waals surface area contributed by atoms with Crippen LogP contribution in [0, 0.1) is 12.7 Å². The molecule has 0 aliphatic heterocycles. The van der Waals surface area contributed by atoms with Gasteiger partial charge in [-0.05, 0) is 19.1 Å². The fraction of sp³-hybridized carbons (Fsp3) is 0.308. The lowest BCUT2D eigenvalue weighted by Crippen LogP contribution is -2.13. The van der Waals surface area contributed by atoms with Crippen molar-refractivity contribution in [3.8, 4) is 0 Å². The molecule has 0 atom stereocenters. The molecule has 112 valence electrons. The minimum atomic E-state index is -0.689. The molecule has 1 amide bonds. The maximum absolute atomic E-state index is 13.7. The highest BCUT2D eigenvalue weighted by Gasteiger charge is 2.11. The first kappa shape index (κ1) is 14.9. The van der Waals surface area contributed by atoms with Crippen LogP contribution in [-0.4, -0.2) is 32.6 Å². The zero-order chi connectivity index (χ0) is 15.4. The van der Waals surface area contributed by atoms with Crippen LogP contribution in [0.3, 0.4) is 0 Å². The fourth-order valence-electron chi connectivity index (χ4n) is 1.82. The van der Waals surface area contributed by atoms with E-state index < -0.39 is 11.7 Å². The van der Waals surface area contributed by atoms with E-state index >= 15 is 0 Å². The number of nitrogens with one attached hydrogen (secondary N) is 1. The molecule has 0 saturated carbocycles. The molecule has 1 aromatic carbocycles. The number of anilines is 1. The van der Waals surface area contributed by atoms with Gasteiger partial charge in [-0.25, -0.2) is 9.07 Å². The minimum absolute atomic E-state index is 0.0266. The number of benzene rings is 1. The number of rotatable bonds is 6. The first-order valence-corrected chi connectivity index (χ1v) is 6.35. The van der Waals surface area contributed by atoms with Crippen LogP contribution in [0.15, 0.2) is 18.3 Å². The Kier molecular flexibility index (Phi) is 4.49. The van der Waals surface area contributed by atoms with Gasteiger partial charge in [0, 0.05) is 16.8 Å². The number of halogens is 1. The average molecular weight is 293 g/mol. The molecule has 0 spiro atoms. The van der Waals surface area contributed by atoms with Gasteiger partial charge < -0.3 is 16.2 Å². The smallest absolute Gasteiger partial charge is 0.248 e. The zero-order valence-corrected chi connectivity index (χ0v) is 11.5. The number of hydrogen-bond acceptors (Lipinski definition) is 5. The monoisotopic (exact) mass is 293 g/mol. The van der Waals surface area contributed by atoms with Gasteiger partial charge in [-0.3, -0.25) is 4.79 Å². The Morgan fingerprint density at radius 1 is 1.52 bits per heavy atom. The van der Waals surface area contributed by atoms with Gasteiger partial charge in [0.1, 0.15) is 11.5 Å². The van der Waals surface area contributed by atoms with E-state index in [0.29, 0.717) is 30.0 Å². The molecule has 2 rings (SSSR count). The first-order chi connectivity index (χ1) is 10.0. The lowest BCUT2D eigenvalue weighted by Gasteiger charge is -2.10. The molecule has 0 radical (unpaired) electrons. The van der Waals surface area contributed by atoms with E-state index in [-0.39, 0.29) is 12.2 Å². The molecule has 0 aliphatic rings. The maximum Gasteiger partial charge on any atom is 0.248 e. The molecule has 0 fully saturated rings. The Bertz CT molecular complexity index is 656. The fourth-order valence-corrected chi connectivity index (χ4v) is 1.82. The Hall–Kier alpha value is -2.48. The Morgan fingerprint density at radius 3 is 2.95 bits per heavy atom. The van der Waals surface area contributed by atoms with Gasteiger partial charge in [0.15, 0.2) is 0 Å². The van der Waals surface area contributed by atoms with Crippen molar-refractivity contribution in [3.05, 3.63) is 41.0 Å². The van der Waals surface area contributed by atoms with Crippen LogP contribution in [0.25, 0.3) is 0 Å². The molecule has 1 aromatic heterocycles. The molecule has 0 unspecified atom stereocenters. The van der Waals surface area contributed by atoms with Crippen molar-refractivity contribution in [1.29, 1.82) is 0 Å². The summed E-state index contributed by atoms with van der Waals surface area (Å²) in [6, 6.07) is 2.61. The number of nitrogens with two attached hydrogens (primary N) is 1. The topological polar surface area (TPSA) is 106 Å². The highest BCUT2D eigenvalue weighted by Crippen LogP contribution is 2.21. The molecule has 7 nitrogen and oxygen atoms in total. The second-order valence-corrected chi connectivity index (χ2v) is 4.54. The van der Waals surface area contributed by atoms with Crippen LogP contribution in [0.1, 0.15) is 21.6 Å². The van der Waals surface area contributed by atoms with Crippen LogP contribution in [0.2, 0.25) is 0 Å². The molecule has 1 heterocycles. The van der Waals surface area contributed by atoms with Crippen molar-refractivity contribution < 1.29 is 14.3 Å². The molecule has 8 heteroatoms. The first-order valence-electron chi connectivity index (χ1n) is 6.35. The largest absolute Gasteiger partial charge is 0.394 e. The van der Waals surface area contributed by atoms with Crippen molar-refractivity contribution in [2.45, 2.75) is 20.0 Å². The summed E-state index contributed by atoms with van der Waals surface area (Å²) in [6.07, 6.45) is 1.67. The molecular weight excluding hydrogens is 277 g/mol. The van der Waals surface area contributed by atoms with Gasteiger partial charge in [-0.2, -0.15) is 0 Å². The number of nitrogens with zero attached hydrogens (tertiary/aromatic N) is 3. The van der Waals surface area contributed by atoms with E-state index in [1.54, 1.807) is 13.1 Å². The summed E-state index contributed by atoms with van der Waals surface area (Å²) in [7, 11) is 0. The summed E-state index contributed by atoms with van der Waals surface area (Å²) < 4.78 is 15.2. The molecule has 0 bridgehead atoms. The predicted molar refractivity (Wildman–Crippen MR) is 74.1 cm³/mol. The number of aliphatic hydroxyl groups excluding tert-OH is 1. The Labute approximate surface area is 120 Å². The summed E-state index contributed by atoms with van der Waals surface area (Å²) in [5.74, 6) is -1.19. The summed E-state index contributed by atoms with van der Waals surface area (Å²) >= 11 is 0. The molecule has 0 aliphatic carbocycles. The molecule has 21 heavy (non-hydrogen) atoms. The van der Waals surface area contributed by atoms with Crippen LogP contribution >= 0.6 is 0 Å². The number of carbonyl (C=O) groups excluding carboxylic acids is 1. The van der Waals surface area contributed by atoms with Crippen molar-refractivity contribution >= 4 is 11.6 Å². The van der Waals surface area contributed by atoms with Crippen LogP contribution in [-0.2, 0) is 13.1 Å². The third-order valence-corrected chi connectivity index (χ3v) is 3.00. The average Bonchev–Trinajstić information content (AvgIpc) is 2.88. The SMILES string of the molecule is Cc1c(F)cc(C(N)=O)cc1NCc1cn(CCO)nn1. The van der Waals surface area contributed by atoms with Crippen molar-refractivity contribution in [2.75, 3.05) is 11.9 Å². The second kappa shape index (κ2) is 6.31. The highest BCUT2D eigenvalue weighted by atomic mass is 19.1. The summed E-state index contributed by atoms with van der Waals surface area (Å²) in [5.41, 5.74) is 6.76. The van der Waals surface area contributed by atoms with E-state index in [4.69, 9.17) is 10.8 Å². The van der Waals surface area contributed by atoms with Crippen molar-refractivity contribution in [3.63, 3.8) is 0 Å². The van der Waals surface area contributed by atoms with Gasteiger partial charge >= 0.3 is 0 Å². The predicted octanol–water partition coefficient (Wildman–Crippen LogP) is 0.429. The van der Waals surface area contributed by atoms with Gasteiger partial charge in [-0.15, -0.1) is 5.10 Å². The van der Waals surface area contributed by atoms with E-state index in [0.717, 1.165) is 6.07 Å². The minimum Gasteiger partial charge on any atom is -0.394 e. The third-order valence-electron chi connectivity index (χ3n) is 3.00. The number of primary amides is 1. The summed E-state index contributed by atoms with van der Waals surface area (Å²) in [4.78, 5) is 11.1. The van der Waals surface area contributed by atoms with E-state index in [2.05, 4.69) is 15.6 Å². The van der Waals surface area contributed by atoms with E-state index in [1.165, 1.54) is 10.7 Å². The van der Waals surface area contributed by atoms with Gasteiger partial charge in [0.2, 0.25) is 5.91 Å². The molecular formula is C13H16FN5O2. The van der Waals surface area contributed by atoms with Crippen LogP contribution in [0.4, 0.5) is 10.1 Å². The Morgan fingerprint density at radius 2 is 2.29 bits per heavy atom. The highest BCUT2D eigenvalue weighted by molar-refractivity contribution is 5.94. The number of aromatic nitrogens is 3. The normalized spacial score (nSPS) is 10.6. The van der Waals surface area contributed by atoms with E-state index in [9.17, 15) is 9.18 Å². The lowest BCUT2D eigenvalue weighted by atomic mass is 10.1. The molecule has 4 N–H and O–H groups in total.